The van der Waals surface area contributed by atoms with Crippen LogP contribution in [-0.2, 0) is 6.54 Å². The molecule has 0 bridgehead atoms. The summed E-state index contributed by atoms with van der Waals surface area (Å²) in [7, 11) is 1.65. The second-order valence-corrected chi connectivity index (χ2v) is 4.30. The molecule has 0 fully saturated rings. The first-order valence-electron chi connectivity index (χ1n) is 5.77. The quantitative estimate of drug-likeness (QED) is 0.776. The van der Waals surface area contributed by atoms with Crippen LogP contribution in [0.2, 0.25) is 0 Å². The Morgan fingerprint density at radius 1 is 1.44 bits per heavy atom. The third-order valence-electron chi connectivity index (χ3n) is 2.81. The first-order chi connectivity index (χ1) is 8.60. The van der Waals surface area contributed by atoms with E-state index in [4.69, 9.17) is 4.74 Å². The molecular formula is C14H16N2O2. The van der Waals surface area contributed by atoms with Crippen molar-refractivity contribution < 1.29 is 9.53 Å². The van der Waals surface area contributed by atoms with Crippen LogP contribution in [0, 0.1) is 6.92 Å². The van der Waals surface area contributed by atoms with Gasteiger partial charge in [-0.1, -0.05) is 17.7 Å². The molecule has 0 atom stereocenters. The van der Waals surface area contributed by atoms with Crippen molar-refractivity contribution in [3.63, 3.8) is 0 Å². The molecule has 0 saturated carbocycles. The van der Waals surface area contributed by atoms with Gasteiger partial charge in [-0.05, 0) is 19.9 Å². The van der Waals surface area contributed by atoms with E-state index in [1.54, 1.807) is 24.2 Å². The lowest BCUT2D eigenvalue weighted by Crippen LogP contribution is -2.02. The number of ether oxygens (including phenoxy) is 1. The molecule has 2 rings (SSSR count). The molecule has 4 nitrogen and oxygen atoms in total. The van der Waals surface area contributed by atoms with E-state index in [9.17, 15) is 4.79 Å². The number of methoxy groups -OCH3 is 1. The number of Topliss-reactive ketones (excluding diaryl/α,β-unsaturated/α-hetero) is 1. The third-order valence-corrected chi connectivity index (χ3v) is 2.81. The molecule has 94 valence electrons. The molecule has 0 aliphatic rings. The fourth-order valence-electron chi connectivity index (χ4n) is 1.84. The van der Waals surface area contributed by atoms with Gasteiger partial charge in [0.2, 0.25) is 0 Å². The number of carbonyl (C=O) groups excluding carboxylic acids is 1. The van der Waals surface area contributed by atoms with Crippen molar-refractivity contribution >= 4 is 5.78 Å². The first-order valence-corrected chi connectivity index (χ1v) is 5.77. The summed E-state index contributed by atoms with van der Waals surface area (Å²) in [5.41, 5.74) is 2.85. The summed E-state index contributed by atoms with van der Waals surface area (Å²) in [6, 6.07) is 6.01. The molecule has 1 heterocycles. The van der Waals surface area contributed by atoms with Gasteiger partial charge in [-0.3, -0.25) is 9.48 Å². The molecule has 0 aliphatic carbocycles. The highest BCUT2D eigenvalue weighted by Gasteiger charge is 2.07. The molecule has 2 aromatic rings. The molecule has 0 radical (unpaired) electrons. The summed E-state index contributed by atoms with van der Waals surface area (Å²) >= 11 is 0. The van der Waals surface area contributed by atoms with Crippen molar-refractivity contribution in [1.82, 2.24) is 9.78 Å². The predicted molar refractivity (Wildman–Crippen MR) is 69.1 cm³/mol. The number of hydrogen-bond acceptors (Lipinski definition) is 3. The van der Waals surface area contributed by atoms with Gasteiger partial charge in [0.05, 0.1) is 25.4 Å². The molecule has 0 amide bonds. The molecule has 0 spiro atoms. The predicted octanol–water partition coefficient (Wildman–Crippen LogP) is 2.45. The van der Waals surface area contributed by atoms with Crippen LogP contribution in [0.25, 0.3) is 0 Å². The van der Waals surface area contributed by atoms with Crippen LogP contribution in [0.5, 0.6) is 5.75 Å². The lowest BCUT2D eigenvalue weighted by Gasteiger charge is -2.09. The van der Waals surface area contributed by atoms with Crippen molar-refractivity contribution in [2.24, 2.45) is 0 Å². The maximum absolute atomic E-state index is 11.2. The first kappa shape index (κ1) is 12.4. The van der Waals surface area contributed by atoms with Gasteiger partial charge in [-0.2, -0.15) is 5.10 Å². The summed E-state index contributed by atoms with van der Waals surface area (Å²) in [5.74, 6) is 0.859. The number of aromatic nitrogens is 2. The summed E-state index contributed by atoms with van der Waals surface area (Å²) in [6.45, 7) is 4.17. The number of nitrogens with zero attached hydrogens (tertiary/aromatic N) is 2. The molecule has 0 aliphatic heterocycles. The third kappa shape index (κ3) is 2.59. The van der Waals surface area contributed by atoms with E-state index in [1.807, 2.05) is 19.1 Å². The zero-order valence-corrected chi connectivity index (χ0v) is 10.8. The highest BCUT2D eigenvalue weighted by molar-refractivity contribution is 5.93. The largest absolute Gasteiger partial charge is 0.496 e. The number of rotatable bonds is 4. The summed E-state index contributed by atoms with van der Waals surface area (Å²) < 4.78 is 7.06. The molecule has 1 aromatic carbocycles. The Hall–Kier alpha value is -2.10. The molecular weight excluding hydrogens is 228 g/mol. The fourth-order valence-corrected chi connectivity index (χ4v) is 1.84. The van der Waals surface area contributed by atoms with Crippen LogP contribution in [0.1, 0.15) is 28.4 Å². The zero-order chi connectivity index (χ0) is 13.1. The van der Waals surface area contributed by atoms with Crippen molar-refractivity contribution in [2.45, 2.75) is 20.4 Å². The van der Waals surface area contributed by atoms with Gasteiger partial charge in [-0.25, -0.2) is 0 Å². The van der Waals surface area contributed by atoms with Crippen LogP contribution in [0.4, 0.5) is 0 Å². The maximum Gasteiger partial charge on any atom is 0.162 e. The van der Waals surface area contributed by atoms with Crippen molar-refractivity contribution in [2.75, 3.05) is 7.11 Å². The monoisotopic (exact) mass is 244 g/mol. The second-order valence-electron chi connectivity index (χ2n) is 4.30. The van der Waals surface area contributed by atoms with Crippen LogP contribution in [0.3, 0.4) is 0 Å². The number of carbonyl (C=O) groups is 1. The maximum atomic E-state index is 11.2. The minimum absolute atomic E-state index is 0.0254. The lowest BCUT2D eigenvalue weighted by atomic mass is 10.1. The zero-order valence-electron chi connectivity index (χ0n) is 10.8. The van der Waals surface area contributed by atoms with Crippen LogP contribution < -0.4 is 4.74 Å². The molecule has 4 heteroatoms. The highest BCUT2D eigenvalue weighted by Crippen LogP contribution is 2.20. The fraction of sp³-hybridized carbons (Fsp3) is 0.286. The Labute approximate surface area is 106 Å². The van der Waals surface area contributed by atoms with Gasteiger partial charge in [0.25, 0.3) is 0 Å². The van der Waals surface area contributed by atoms with Crippen molar-refractivity contribution in [3.05, 3.63) is 47.3 Å². The number of hydrogen-bond donors (Lipinski definition) is 0. The summed E-state index contributed by atoms with van der Waals surface area (Å²) in [6.07, 6.45) is 3.34. The van der Waals surface area contributed by atoms with E-state index in [0.29, 0.717) is 12.1 Å². The van der Waals surface area contributed by atoms with E-state index in [2.05, 4.69) is 11.2 Å². The van der Waals surface area contributed by atoms with Gasteiger partial charge in [0.1, 0.15) is 5.75 Å². The van der Waals surface area contributed by atoms with Crippen LogP contribution in [-0.4, -0.2) is 22.7 Å². The minimum Gasteiger partial charge on any atom is -0.496 e. The molecule has 0 saturated heterocycles. The van der Waals surface area contributed by atoms with E-state index < -0.39 is 0 Å². The van der Waals surface area contributed by atoms with E-state index in [0.717, 1.165) is 11.3 Å². The molecule has 1 aromatic heterocycles. The van der Waals surface area contributed by atoms with Crippen molar-refractivity contribution in [1.29, 1.82) is 0 Å². The standard InChI is InChI=1S/C14H16N2O2/c1-10-4-5-14(18-3)12(6-10)8-16-9-13(7-15-16)11(2)17/h4-7,9H,8H2,1-3H3. The minimum atomic E-state index is 0.0254. The summed E-state index contributed by atoms with van der Waals surface area (Å²) in [5, 5.41) is 4.18. The normalized spacial score (nSPS) is 10.4. The SMILES string of the molecule is COc1ccc(C)cc1Cn1cc(C(C)=O)cn1. The summed E-state index contributed by atoms with van der Waals surface area (Å²) in [4.78, 5) is 11.2. The van der Waals surface area contributed by atoms with E-state index in [-0.39, 0.29) is 5.78 Å². The Kier molecular flexibility index (Phi) is 3.46. The Morgan fingerprint density at radius 3 is 2.83 bits per heavy atom. The van der Waals surface area contributed by atoms with Crippen molar-refractivity contribution in [3.8, 4) is 5.75 Å². The molecule has 0 N–H and O–H groups in total. The Bertz CT molecular complexity index is 573. The molecule has 18 heavy (non-hydrogen) atoms. The number of benzene rings is 1. The lowest BCUT2D eigenvalue weighted by molar-refractivity contribution is 0.101. The Balaban J connectivity index is 2.27. The van der Waals surface area contributed by atoms with E-state index >= 15 is 0 Å². The van der Waals surface area contributed by atoms with Gasteiger partial charge in [-0.15, -0.1) is 0 Å². The van der Waals surface area contributed by atoms with Gasteiger partial charge < -0.3 is 4.74 Å². The average molecular weight is 244 g/mol. The van der Waals surface area contributed by atoms with Crippen LogP contribution in [0.15, 0.2) is 30.6 Å². The second kappa shape index (κ2) is 5.04. The Morgan fingerprint density at radius 2 is 2.22 bits per heavy atom. The number of ketones is 1. The van der Waals surface area contributed by atoms with Gasteiger partial charge in [0, 0.05) is 11.8 Å². The topological polar surface area (TPSA) is 44.1 Å². The average Bonchev–Trinajstić information content (AvgIpc) is 2.78. The van der Waals surface area contributed by atoms with E-state index in [1.165, 1.54) is 12.5 Å². The number of aryl methyl sites for hydroxylation is 1. The molecule has 0 unspecified atom stereocenters. The highest BCUT2D eigenvalue weighted by atomic mass is 16.5. The van der Waals surface area contributed by atoms with Gasteiger partial charge in [0.15, 0.2) is 5.78 Å². The van der Waals surface area contributed by atoms with Gasteiger partial charge >= 0.3 is 0 Å². The van der Waals surface area contributed by atoms with Crippen LogP contribution >= 0.6 is 0 Å². The smallest absolute Gasteiger partial charge is 0.162 e.